The molecule has 1 atom stereocenters. The first-order valence-electron chi connectivity index (χ1n) is 6.89. The lowest BCUT2D eigenvalue weighted by molar-refractivity contribution is 0.506. The third-order valence-electron chi connectivity index (χ3n) is 3.48. The van der Waals surface area contributed by atoms with Gasteiger partial charge < -0.3 is 5.32 Å². The zero-order valence-electron chi connectivity index (χ0n) is 12.3. The van der Waals surface area contributed by atoms with Crippen molar-refractivity contribution in [3.63, 3.8) is 0 Å². The third-order valence-corrected chi connectivity index (χ3v) is 3.81. The average Bonchev–Trinajstić information content (AvgIpc) is 2.43. The standard InChI is InChI=1S/C17H18ClF2N/c1-4-21-17(12-7-5-10(2)9-13(12)18)15-14(19)8-6-11(3)16(15)20/h5-9,17,21H,4H2,1-3H3. The summed E-state index contributed by atoms with van der Waals surface area (Å²) in [5.41, 5.74) is 2.11. The molecule has 0 bridgehead atoms. The van der Waals surface area contributed by atoms with E-state index in [4.69, 9.17) is 11.6 Å². The maximum Gasteiger partial charge on any atom is 0.134 e. The zero-order chi connectivity index (χ0) is 15.6. The van der Waals surface area contributed by atoms with Crippen LogP contribution in [0, 0.1) is 25.5 Å². The van der Waals surface area contributed by atoms with Crippen LogP contribution in [0.1, 0.15) is 35.2 Å². The molecule has 0 aliphatic rings. The summed E-state index contributed by atoms with van der Waals surface area (Å²) in [5, 5.41) is 3.62. The minimum Gasteiger partial charge on any atom is -0.306 e. The third kappa shape index (κ3) is 3.25. The molecule has 1 N–H and O–H groups in total. The molecule has 0 saturated carbocycles. The van der Waals surface area contributed by atoms with Gasteiger partial charge in [-0.3, -0.25) is 0 Å². The summed E-state index contributed by atoms with van der Waals surface area (Å²) in [5.74, 6) is -1.10. The van der Waals surface area contributed by atoms with Gasteiger partial charge in [0.25, 0.3) is 0 Å². The van der Waals surface area contributed by atoms with Crippen LogP contribution in [0.3, 0.4) is 0 Å². The van der Waals surface area contributed by atoms with Crippen LogP contribution in [0.5, 0.6) is 0 Å². The van der Waals surface area contributed by atoms with Crippen molar-refractivity contribution in [2.45, 2.75) is 26.8 Å². The maximum absolute atomic E-state index is 14.4. The van der Waals surface area contributed by atoms with E-state index in [9.17, 15) is 8.78 Å². The van der Waals surface area contributed by atoms with E-state index in [1.165, 1.54) is 12.1 Å². The first-order valence-corrected chi connectivity index (χ1v) is 7.27. The number of rotatable bonds is 4. The van der Waals surface area contributed by atoms with Gasteiger partial charge in [0.1, 0.15) is 11.6 Å². The normalized spacial score (nSPS) is 12.5. The number of benzene rings is 2. The van der Waals surface area contributed by atoms with Gasteiger partial charge in [0, 0.05) is 10.6 Å². The summed E-state index contributed by atoms with van der Waals surface area (Å²) in [7, 11) is 0. The van der Waals surface area contributed by atoms with Gasteiger partial charge in [0.05, 0.1) is 6.04 Å². The average molecular weight is 310 g/mol. The number of aryl methyl sites for hydroxylation is 2. The van der Waals surface area contributed by atoms with Gasteiger partial charge in [0.2, 0.25) is 0 Å². The SMILES string of the molecule is CCNC(c1ccc(C)cc1Cl)c1c(F)ccc(C)c1F. The molecule has 0 fully saturated rings. The van der Waals surface area contributed by atoms with Gasteiger partial charge in [-0.1, -0.05) is 36.7 Å². The number of hydrogen-bond acceptors (Lipinski definition) is 1. The highest BCUT2D eigenvalue weighted by molar-refractivity contribution is 6.31. The van der Waals surface area contributed by atoms with E-state index >= 15 is 0 Å². The first-order chi connectivity index (χ1) is 9.95. The highest BCUT2D eigenvalue weighted by Crippen LogP contribution is 2.32. The Morgan fingerprint density at radius 1 is 1.14 bits per heavy atom. The highest BCUT2D eigenvalue weighted by Gasteiger charge is 2.24. The summed E-state index contributed by atoms with van der Waals surface area (Å²) in [6.45, 7) is 6.01. The summed E-state index contributed by atoms with van der Waals surface area (Å²) in [6, 6.07) is 7.62. The molecule has 1 unspecified atom stereocenters. The molecule has 0 aliphatic heterocycles. The van der Waals surface area contributed by atoms with Crippen molar-refractivity contribution in [3.05, 3.63) is 69.2 Å². The molecular formula is C17H18ClF2N. The highest BCUT2D eigenvalue weighted by atomic mass is 35.5. The summed E-state index contributed by atoms with van der Waals surface area (Å²) in [4.78, 5) is 0. The molecular weight excluding hydrogens is 292 g/mol. The maximum atomic E-state index is 14.4. The molecule has 4 heteroatoms. The predicted molar refractivity (Wildman–Crippen MR) is 82.8 cm³/mol. The van der Waals surface area contributed by atoms with Gasteiger partial charge in [-0.2, -0.15) is 0 Å². The number of hydrogen-bond donors (Lipinski definition) is 1. The molecule has 2 aromatic rings. The Balaban J connectivity index is 2.61. The lowest BCUT2D eigenvalue weighted by Crippen LogP contribution is -2.25. The summed E-state index contributed by atoms with van der Waals surface area (Å²) in [6.07, 6.45) is 0. The van der Waals surface area contributed by atoms with Gasteiger partial charge in [-0.25, -0.2) is 8.78 Å². The molecule has 112 valence electrons. The van der Waals surface area contributed by atoms with Gasteiger partial charge in [-0.15, -0.1) is 0 Å². The van der Waals surface area contributed by atoms with Crippen LogP contribution in [-0.4, -0.2) is 6.54 Å². The van der Waals surface area contributed by atoms with E-state index in [0.717, 1.165) is 5.56 Å². The Hall–Kier alpha value is -1.45. The van der Waals surface area contributed by atoms with E-state index in [1.54, 1.807) is 13.0 Å². The molecule has 2 rings (SSSR count). The monoisotopic (exact) mass is 309 g/mol. The predicted octanol–water partition coefficient (Wildman–Crippen LogP) is 4.93. The van der Waals surface area contributed by atoms with E-state index in [-0.39, 0.29) is 5.56 Å². The van der Waals surface area contributed by atoms with Crippen LogP contribution >= 0.6 is 11.6 Å². The number of halogens is 3. The lowest BCUT2D eigenvalue weighted by Gasteiger charge is -2.22. The van der Waals surface area contributed by atoms with Crippen molar-refractivity contribution in [2.24, 2.45) is 0 Å². The second kappa shape index (κ2) is 6.54. The van der Waals surface area contributed by atoms with Crippen LogP contribution in [0.2, 0.25) is 5.02 Å². The minimum atomic E-state index is -0.608. The molecule has 0 saturated heterocycles. The van der Waals surface area contributed by atoms with Crippen molar-refractivity contribution in [1.82, 2.24) is 5.32 Å². The van der Waals surface area contributed by atoms with Crippen molar-refractivity contribution in [3.8, 4) is 0 Å². The second-order valence-corrected chi connectivity index (χ2v) is 5.51. The molecule has 0 spiro atoms. The van der Waals surface area contributed by atoms with Crippen molar-refractivity contribution >= 4 is 11.6 Å². The molecule has 0 aromatic heterocycles. The zero-order valence-corrected chi connectivity index (χ0v) is 13.1. The van der Waals surface area contributed by atoms with Crippen LogP contribution in [0.15, 0.2) is 30.3 Å². The first kappa shape index (κ1) is 15.9. The van der Waals surface area contributed by atoms with Crippen molar-refractivity contribution in [1.29, 1.82) is 0 Å². The van der Waals surface area contributed by atoms with Crippen molar-refractivity contribution < 1.29 is 8.78 Å². The van der Waals surface area contributed by atoms with Crippen LogP contribution in [0.4, 0.5) is 8.78 Å². The Morgan fingerprint density at radius 3 is 2.48 bits per heavy atom. The lowest BCUT2D eigenvalue weighted by atomic mass is 9.95. The fourth-order valence-corrected chi connectivity index (χ4v) is 2.73. The number of nitrogens with one attached hydrogen (secondary N) is 1. The largest absolute Gasteiger partial charge is 0.306 e. The van der Waals surface area contributed by atoms with E-state index in [2.05, 4.69) is 5.32 Å². The minimum absolute atomic E-state index is 0.0163. The van der Waals surface area contributed by atoms with E-state index < -0.39 is 17.7 Å². The van der Waals surface area contributed by atoms with Gasteiger partial charge in [0.15, 0.2) is 0 Å². The summed E-state index contributed by atoms with van der Waals surface area (Å²) < 4.78 is 28.6. The molecule has 1 nitrogen and oxygen atoms in total. The van der Waals surface area contributed by atoms with Crippen LogP contribution < -0.4 is 5.32 Å². The Labute approximate surface area is 128 Å². The second-order valence-electron chi connectivity index (χ2n) is 5.11. The summed E-state index contributed by atoms with van der Waals surface area (Å²) >= 11 is 6.27. The Bertz CT molecular complexity index is 655. The van der Waals surface area contributed by atoms with E-state index in [1.807, 2.05) is 26.0 Å². The fourth-order valence-electron chi connectivity index (χ4n) is 2.38. The molecule has 0 heterocycles. The van der Waals surface area contributed by atoms with Crippen LogP contribution in [0.25, 0.3) is 0 Å². The molecule has 0 aliphatic carbocycles. The Kier molecular flexibility index (Phi) is 4.96. The van der Waals surface area contributed by atoms with Crippen LogP contribution in [-0.2, 0) is 0 Å². The molecule has 2 aromatic carbocycles. The molecule has 0 radical (unpaired) electrons. The topological polar surface area (TPSA) is 12.0 Å². The smallest absolute Gasteiger partial charge is 0.134 e. The Morgan fingerprint density at radius 2 is 1.86 bits per heavy atom. The van der Waals surface area contributed by atoms with Gasteiger partial charge >= 0.3 is 0 Å². The van der Waals surface area contributed by atoms with Crippen molar-refractivity contribution in [2.75, 3.05) is 6.54 Å². The quantitative estimate of drug-likeness (QED) is 0.844. The van der Waals surface area contributed by atoms with Gasteiger partial charge in [-0.05, 0) is 49.2 Å². The molecule has 0 amide bonds. The fraction of sp³-hybridized carbons (Fsp3) is 0.294. The van der Waals surface area contributed by atoms with E-state index in [0.29, 0.717) is 22.7 Å². The molecule has 21 heavy (non-hydrogen) atoms.